The lowest BCUT2D eigenvalue weighted by molar-refractivity contribution is 0.177. The van der Waals surface area contributed by atoms with Gasteiger partial charge in [0.2, 0.25) is 0 Å². The Hall–Kier alpha value is -0.450. The molecule has 4 heteroatoms. The molecule has 1 N–H and O–H groups in total. The van der Waals surface area contributed by atoms with Gasteiger partial charge in [0.05, 0.1) is 5.69 Å². The lowest BCUT2D eigenvalue weighted by Gasteiger charge is -2.28. The number of thiazole rings is 1. The van der Waals surface area contributed by atoms with Crippen molar-refractivity contribution in [2.75, 3.05) is 13.6 Å². The van der Waals surface area contributed by atoms with Crippen molar-refractivity contribution in [3.63, 3.8) is 0 Å². The van der Waals surface area contributed by atoms with Gasteiger partial charge in [-0.15, -0.1) is 11.3 Å². The van der Waals surface area contributed by atoms with Crippen LogP contribution in [-0.4, -0.2) is 29.5 Å². The predicted molar refractivity (Wildman–Crippen MR) is 87.0 cm³/mol. The fourth-order valence-corrected chi connectivity index (χ4v) is 3.74. The molecule has 0 aromatic carbocycles. The van der Waals surface area contributed by atoms with Crippen molar-refractivity contribution in [1.29, 1.82) is 0 Å². The summed E-state index contributed by atoms with van der Waals surface area (Å²) in [4.78, 5) is 7.44. The van der Waals surface area contributed by atoms with E-state index in [9.17, 15) is 0 Å². The van der Waals surface area contributed by atoms with Gasteiger partial charge in [0, 0.05) is 24.5 Å². The van der Waals surface area contributed by atoms with Gasteiger partial charge in [-0.1, -0.05) is 26.7 Å². The normalized spacial score (nSPS) is 16.6. The fraction of sp³-hybridized carbons (Fsp3) is 0.812. The van der Waals surface area contributed by atoms with Gasteiger partial charge in [-0.05, 0) is 38.8 Å². The lowest BCUT2D eigenvalue weighted by atomic mass is 10.1. The van der Waals surface area contributed by atoms with E-state index in [0.717, 1.165) is 25.0 Å². The van der Waals surface area contributed by atoms with Crippen molar-refractivity contribution >= 4 is 11.3 Å². The first-order valence-corrected chi connectivity index (χ1v) is 8.89. The number of nitrogens with zero attached hydrogens (tertiary/aromatic N) is 2. The number of rotatable bonds is 8. The molecular weight excluding hydrogens is 266 g/mol. The van der Waals surface area contributed by atoms with E-state index in [0.29, 0.717) is 0 Å². The van der Waals surface area contributed by atoms with Crippen LogP contribution in [0.3, 0.4) is 0 Å². The van der Waals surface area contributed by atoms with Gasteiger partial charge in [0.25, 0.3) is 0 Å². The van der Waals surface area contributed by atoms with Crippen LogP contribution in [0.4, 0.5) is 0 Å². The standard InChI is InChI=1S/C16H29N3S/c1-13(2)8-9-19(15-6-4-5-7-15)11-14-12-20-16(18-14)10-17-3/h12-13,15,17H,4-11H2,1-3H3. The highest BCUT2D eigenvalue weighted by atomic mass is 32.1. The first-order valence-electron chi connectivity index (χ1n) is 8.01. The lowest BCUT2D eigenvalue weighted by Crippen LogP contribution is -2.34. The summed E-state index contributed by atoms with van der Waals surface area (Å²) in [7, 11) is 1.98. The SMILES string of the molecule is CNCc1nc(CN(CCC(C)C)C2CCCC2)cs1. The Morgan fingerprint density at radius 2 is 2.15 bits per heavy atom. The molecule has 0 bridgehead atoms. The molecule has 1 fully saturated rings. The summed E-state index contributed by atoms with van der Waals surface area (Å²) >= 11 is 1.78. The molecule has 2 rings (SSSR count). The van der Waals surface area contributed by atoms with Crippen LogP contribution in [0.2, 0.25) is 0 Å². The third kappa shape index (κ3) is 4.83. The second-order valence-corrected chi connectivity index (χ2v) is 7.30. The number of aromatic nitrogens is 1. The largest absolute Gasteiger partial charge is 0.314 e. The molecule has 0 aliphatic heterocycles. The van der Waals surface area contributed by atoms with Crippen LogP contribution < -0.4 is 5.32 Å². The maximum Gasteiger partial charge on any atom is 0.107 e. The molecule has 0 saturated heterocycles. The Balaban J connectivity index is 1.94. The minimum atomic E-state index is 0.786. The van der Waals surface area contributed by atoms with Crippen molar-refractivity contribution in [2.45, 2.75) is 65.1 Å². The Morgan fingerprint density at radius 3 is 2.80 bits per heavy atom. The van der Waals surface area contributed by atoms with E-state index >= 15 is 0 Å². The van der Waals surface area contributed by atoms with Crippen LogP contribution in [0.25, 0.3) is 0 Å². The Labute approximate surface area is 127 Å². The molecule has 1 aliphatic rings. The van der Waals surface area contributed by atoms with Crippen molar-refractivity contribution in [2.24, 2.45) is 5.92 Å². The van der Waals surface area contributed by atoms with Gasteiger partial charge < -0.3 is 5.32 Å². The second kappa shape index (κ2) is 8.11. The van der Waals surface area contributed by atoms with E-state index in [-0.39, 0.29) is 0 Å². The van der Waals surface area contributed by atoms with E-state index in [1.165, 1.54) is 49.4 Å². The molecule has 0 atom stereocenters. The second-order valence-electron chi connectivity index (χ2n) is 6.35. The minimum absolute atomic E-state index is 0.786. The smallest absolute Gasteiger partial charge is 0.107 e. The molecule has 0 unspecified atom stereocenters. The van der Waals surface area contributed by atoms with E-state index in [2.05, 4.69) is 29.4 Å². The van der Waals surface area contributed by atoms with Gasteiger partial charge in [0.15, 0.2) is 0 Å². The molecule has 20 heavy (non-hydrogen) atoms. The summed E-state index contributed by atoms with van der Waals surface area (Å²) in [5.41, 5.74) is 1.26. The molecular formula is C16H29N3S. The van der Waals surface area contributed by atoms with Crippen LogP contribution in [0.5, 0.6) is 0 Å². The Bertz CT molecular complexity index is 383. The monoisotopic (exact) mass is 295 g/mol. The van der Waals surface area contributed by atoms with Crippen LogP contribution in [0, 0.1) is 5.92 Å². The minimum Gasteiger partial charge on any atom is -0.314 e. The molecule has 1 aromatic rings. The maximum absolute atomic E-state index is 4.75. The summed E-state index contributed by atoms with van der Waals surface area (Å²) < 4.78 is 0. The highest BCUT2D eigenvalue weighted by Gasteiger charge is 2.23. The van der Waals surface area contributed by atoms with Crippen molar-refractivity contribution in [1.82, 2.24) is 15.2 Å². The Morgan fingerprint density at radius 1 is 1.40 bits per heavy atom. The highest BCUT2D eigenvalue weighted by Crippen LogP contribution is 2.26. The number of hydrogen-bond acceptors (Lipinski definition) is 4. The summed E-state index contributed by atoms with van der Waals surface area (Å²) in [5.74, 6) is 0.786. The average Bonchev–Trinajstić information content (AvgIpc) is 3.06. The molecule has 114 valence electrons. The summed E-state index contributed by atoms with van der Waals surface area (Å²) in [6.07, 6.45) is 6.87. The zero-order valence-electron chi connectivity index (χ0n) is 13.2. The zero-order valence-corrected chi connectivity index (χ0v) is 14.0. The third-order valence-electron chi connectivity index (χ3n) is 4.13. The van der Waals surface area contributed by atoms with Crippen molar-refractivity contribution in [3.05, 3.63) is 16.1 Å². The summed E-state index contributed by atoms with van der Waals surface area (Å²) in [6, 6.07) is 0.795. The van der Waals surface area contributed by atoms with Gasteiger partial charge in [-0.3, -0.25) is 4.90 Å². The molecule has 3 nitrogen and oxygen atoms in total. The molecule has 1 saturated carbocycles. The van der Waals surface area contributed by atoms with Crippen molar-refractivity contribution in [3.8, 4) is 0 Å². The molecule has 1 aromatic heterocycles. The first kappa shape index (κ1) is 15.9. The van der Waals surface area contributed by atoms with E-state index < -0.39 is 0 Å². The molecule has 0 radical (unpaired) electrons. The van der Waals surface area contributed by atoms with Crippen LogP contribution >= 0.6 is 11.3 Å². The molecule has 0 spiro atoms. The number of hydrogen-bond donors (Lipinski definition) is 1. The van der Waals surface area contributed by atoms with Gasteiger partial charge in [-0.25, -0.2) is 4.98 Å². The predicted octanol–water partition coefficient (Wildman–Crippen LogP) is 3.65. The quantitative estimate of drug-likeness (QED) is 0.793. The number of nitrogens with one attached hydrogen (secondary N) is 1. The van der Waals surface area contributed by atoms with Crippen molar-refractivity contribution < 1.29 is 0 Å². The molecule has 1 aliphatic carbocycles. The Kier molecular flexibility index (Phi) is 6.46. The van der Waals surface area contributed by atoms with E-state index in [4.69, 9.17) is 4.98 Å². The third-order valence-corrected chi connectivity index (χ3v) is 5.02. The van der Waals surface area contributed by atoms with E-state index in [1.54, 1.807) is 11.3 Å². The molecule has 0 amide bonds. The summed E-state index contributed by atoms with van der Waals surface area (Å²) in [5, 5.41) is 6.63. The van der Waals surface area contributed by atoms with Crippen LogP contribution in [-0.2, 0) is 13.1 Å². The van der Waals surface area contributed by atoms with Gasteiger partial charge in [-0.2, -0.15) is 0 Å². The average molecular weight is 295 g/mol. The maximum atomic E-state index is 4.75. The summed E-state index contributed by atoms with van der Waals surface area (Å²) in [6.45, 7) is 7.79. The first-order chi connectivity index (χ1) is 9.69. The topological polar surface area (TPSA) is 28.2 Å². The zero-order chi connectivity index (χ0) is 14.4. The van der Waals surface area contributed by atoms with Gasteiger partial charge in [0.1, 0.15) is 5.01 Å². The van der Waals surface area contributed by atoms with Crippen LogP contribution in [0.1, 0.15) is 56.7 Å². The van der Waals surface area contributed by atoms with Crippen LogP contribution in [0.15, 0.2) is 5.38 Å². The molecule has 1 heterocycles. The van der Waals surface area contributed by atoms with Gasteiger partial charge >= 0.3 is 0 Å². The van der Waals surface area contributed by atoms with E-state index in [1.807, 2.05) is 7.05 Å². The highest BCUT2D eigenvalue weighted by molar-refractivity contribution is 7.09. The fourth-order valence-electron chi connectivity index (χ4n) is 2.95.